The number of cyclic esters (lactones) is 1. The van der Waals surface area contributed by atoms with Gasteiger partial charge < -0.3 is 14.2 Å². The summed E-state index contributed by atoms with van der Waals surface area (Å²) in [6, 6.07) is 19.0. The lowest BCUT2D eigenvalue weighted by atomic mass is 10.1. The van der Waals surface area contributed by atoms with Crippen molar-refractivity contribution in [1.82, 2.24) is 0 Å². The van der Waals surface area contributed by atoms with Gasteiger partial charge in [0.25, 0.3) is 0 Å². The number of nitrogens with zero attached hydrogens (tertiary/aromatic N) is 1. The zero-order valence-corrected chi connectivity index (χ0v) is 20.3. The maximum absolute atomic E-state index is 12.4. The lowest BCUT2D eigenvalue weighted by Gasteiger charge is -2.14. The first-order chi connectivity index (χ1) is 15.5. The fourth-order valence-electron chi connectivity index (χ4n) is 3.22. The second-order valence-corrected chi connectivity index (χ2v) is 8.63. The molecule has 0 bridgehead atoms. The minimum atomic E-state index is -0.516. The number of benzene rings is 3. The molecule has 7 heteroatoms. The predicted molar refractivity (Wildman–Crippen MR) is 133 cm³/mol. The molecule has 0 saturated carbocycles. The predicted octanol–water partition coefficient (Wildman–Crippen LogP) is 6.19. The first kappa shape index (κ1) is 22.4. The van der Waals surface area contributed by atoms with E-state index in [1.54, 1.807) is 25.3 Å². The highest BCUT2D eigenvalue weighted by molar-refractivity contribution is 14.1. The first-order valence-corrected chi connectivity index (χ1v) is 11.2. The average molecular weight is 560 g/mol. The van der Waals surface area contributed by atoms with Crippen LogP contribution in [0, 0.1) is 10.5 Å². The monoisotopic (exact) mass is 559 g/mol. The van der Waals surface area contributed by atoms with Gasteiger partial charge in [0.05, 0.1) is 12.1 Å². The fourth-order valence-corrected chi connectivity index (χ4v) is 4.04. The summed E-state index contributed by atoms with van der Waals surface area (Å²) >= 11 is 8.76. The number of aryl methyl sites for hydroxylation is 1. The summed E-state index contributed by atoms with van der Waals surface area (Å²) in [6.45, 7) is 2.29. The van der Waals surface area contributed by atoms with Gasteiger partial charge in [0.2, 0.25) is 5.90 Å². The van der Waals surface area contributed by atoms with E-state index in [9.17, 15) is 4.79 Å². The lowest BCUT2D eigenvalue weighted by Crippen LogP contribution is -2.06. The van der Waals surface area contributed by atoms with E-state index in [4.69, 9.17) is 25.8 Å². The smallest absolute Gasteiger partial charge is 0.363 e. The highest BCUT2D eigenvalue weighted by Crippen LogP contribution is 2.38. The van der Waals surface area contributed by atoms with Gasteiger partial charge in [-0.05, 0) is 71.0 Å². The van der Waals surface area contributed by atoms with Crippen LogP contribution in [0.5, 0.6) is 11.5 Å². The second kappa shape index (κ2) is 9.75. The van der Waals surface area contributed by atoms with E-state index in [0.717, 1.165) is 20.3 Å². The fraction of sp³-hybridized carbons (Fsp3) is 0.120. The van der Waals surface area contributed by atoms with Crippen LogP contribution >= 0.6 is 34.2 Å². The van der Waals surface area contributed by atoms with Crippen LogP contribution < -0.4 is 9.47 Å². The van der Waals surface area contributed by atoms with Crippen molar-refractivity contribution < 1.29 is 19.0 Å². The first-order valence-electron chi connectivity index (χ1n) is 9.78. The zero-order chi connectivity index (χ0) is 22.7. The van der Waals surface area contributed by atoms with Crippen molar-refractivity contribution in [3.8, 4) is 11.5 Å². The molecule has 162 valence electrons. The summed E-state index contributed by atoms with van der Waals surface area (Å²) in [6.07, 6.45) is 1.62. The second-order valence-electron chi connectivity index (χ2n) is 7.07. The van der Waals surface area contributed by atoms with Gasteiger partial charge in [-0.15, -0.1) is 0 Å². The normalized spacial score (nSPS) is 14.3. The van der Waals surface area contributed by atoms with Crippen molar-refractivity contribution in [3.05, 3.63) is 97.2 Å². The molecule has 0 atom stereocenters. The van der Waals surface area contributed by atoms with E-state index in [0.29, 0.717) is 28.7 Å². The topological polar surface area (TPSA) is 57.1 Å². The Kier molecular flexibility index (Phi) is 6.81. The number of carbonyl (C=O) groups is 1. The van der Waals surface area contributed by atoms with Crippen molar-refractivity contribution in [2.75, 3.05) is 7.11 Å². The molecule has 0 aliphatic carbocycles. The van der Waals surface area contributed by atoms with E-state index in [-0.39, 0.29) is 11.6 Å². The van der Waals surface area contributed by atoms with Gasteiger partial charge in [0.1, 0.15) is 6.61 Å². The van der Waals surface area contributed by atoms with Gasteiger partial charge in [0, 0.05) is 14.7 Å². The van der Waals surface area contributed by atoms with Crippen LogP contribution in [0.1, 0.15) is 22.3 Å². The number of aliphatic imine (C=N–C) groups is 1. The molecule has 1 aliphatic heterocycles. The van der Waals surface area contributed by atoms with Gasteiger partial charge in [-0.25, -0.2) is 9.79 Å². The lowest BCUT2D eigenvalue weighted by molar-refractivity contribution is -0.129. The molecule has 0 fully saturated rings. The van der Waals surface area contributed by atoms with Crippen LogP contribution in [-0.4, -0.2) is 19.0 Å². The van der Waals surface area contributed by atoms with Crippen molar-refractivity contribution in [3.63, 3.8) is 0 Å². The van der Waals surface area contributed by atoms with Gasteiger partial charge >= 0.3 is 5.97 Å². The molecule has 0 spiro atoms. The SMILES string of the molecule is COc1cc(/C=C2\N=C(c3ccccc3C)OC2=O)cc(Cl)c1OCc1ccccc1I. The molecule has 0 amide bonds. The summed E-state index contributed by atoms with van der Waals surface area (Å²) in [7, 11) is 1.54. The van der Waals surface area contributed by atoms with E-state index in [2.05, 4.69) is 27.6 Å². The molecule has 0 radical (unpaired) electrons. The quantitative estimate of drug-likeness (QED) is 0.205. The van der Waals surface area contributed by atoms with Crippen LogP contribution in [0.4, 0.5) is 0 Å². The maximum Gasteiger partial charge on any atom is 0.363 e. The number of rotatable bonds is 6. The number of esters is 1. The number of ether oxygens (including phenoxy) is 3. The third kappa shape index (κ3) is 4.81. The molecule has 5 nitrogen and oxygen atoms in total. The molecule has 0 aromatic heterocycles. The highest BCUT2D eigenvalue weighted by atomic mass is 127. The molecule has 0 saturated heterocycles. The number of hydrogen-bond donors (Lipinski definition) is 0. The Hall–Kier alpha value is -2.84. The summed E-state index contributed by atoms with van der Waals surface area (Å²) in [4.78, 5) is 16.8. The van der Waals surface area contributed by atoms with Crippen molar-refractivity contribution in [1.29, 1.82) is 0 Å². The van der Waals surface area contributed by atoms with Crippen LogP contribution in [0.25, 0.3) is 6.08 Å². The highest BCUT2D eigenvalue weighted by Gasteiger charge is 2.25. The van der Waals surface area contributed by atoms with E-state index in [1.165, 1.54) is 0 Å². The molecule has 0 N–H and O–H groups in total. The van der Waals surface area contributed by atoms with Crippen molar-refractivity contribution in [2.45, 2.75) is 13.5 Å². The van der Waals surface area contributed by atoms with Crippen LogP contribution in [0.2, 0.25) is 5.02 Å². The molecule has 1 heterocycles. The summed E-state index contributed by atoms with van der Waals surface area (Å²) in [5.74, 6) is 0.672. The molecule has 32 heavy (non-hydrogen) atoms. The summed E-state index contributed by atoms with van der Waals surface area (Å²) in [5.41, 5.74) is 3.63. The van der Waals surface area contributed by atoms with Crippen LogP contribution in [0.15, 0.2) is 71.4 Å². The molecule has 3 aromatic rings. The third-order valence-corrected chi connectivity index (χ3v) is 6.21. The summed E-state index contributed by atoms with van der Waals surface area (Å²) in [5, 5.41) is 0.372. The van der Waals surface area contributed by atoms with Crippen LogP contribution in [-0.2, 0) is 16.1 Å². The molecule has 0 unspecified atom stereocenters. The molecule has 1 aliphatic rings. The van der Waals surface area contributed by atoms with E-state index in [1.807, 2.05) is 55.5 Å². The Morgan fingerprint density at radius 3 is 2.62 bits per heavy atom. The number of halogens is 2. The largest absolute Gasteiger partial charge is 0.493 e. The van der Waals surface area contributed by atoms with Crippen molar-refractivity contribution in [2.24, 2.45) is 4.99 Å². The van der Waals surface area contributed by atoms with Gasteiger partial charge in [-0.2, -0.15) is 0 Å². The number of hydrogen-bond acceptors (Lipinski definition) is 5. The Balaban J connectivity index is 1.61. The minimum Gasteiger partial charge on any atom is -0.493 e. The maximum atomic E-state index is 12.4. The minimum absolute atomic E-state index is 0.189. The zero-order valence-electron chi connectivity index (χ0n) is 17.4. The Morgan fingerprint density at radius 2 is 1.88 bits per heavy atom. The summed E-state index contributed by atoms with van der Waals surface area (Å²) < 4.78 is 17.9. The molecular weight excluding hydrogens is 541 g/mol. The Morgan fingerprint density at radius 1 is 1.12 bits per heavy atom. The van der Waals surface area contributed by atoms with Crippen molar-refractivity contribution >= 4 is 52.1 Å². The van der Waals surface area contributed by atoms with Gasteiger partial charge in [0.15, 0.2) is 17.2 Å². The third-order valence-electron chi connectivity index (χ3n) is 4.88. The molecule has 3 aromatic carbocycles. The van der Waals surface area contributed by atoms with Gasteiger partial charge in [-0.1, -0.05) is 48.0 Å². The number of methoxy groups -OCH3 is 1. The van der Waals surface area contributed by atoms with Crippen LogP contribution in [0.3, 0.4) is 0 Å². The molecular formula is C25H19ClINO4. The van der Waals surface area contributed by atoms with Gasteiger partial charge in [-0.3, -0.25) is 0 Å². The standard InChI is InChI=1S/C25H19ClINO4/c1-15-7-3-5-9-18(15)24-28-21(25(29)32-24)12-16-11-19(26)23(22(13-16)30-2)31-14-17-8-4-6-10-20(17)27/h3-13H,14H2,1-2H3/b21-12-. The van der Waals surface area contributed by atoms with E-state index < -0.39 is 5.97 Å². The number of carbonyl (C=O) groups excluding carboxylic acids is 1. The molecule has 4 rings (SSSR count). The Labute approximate surface area is 204 Å². The van der Waals surface area contributed by atoms with E-state index >= 15 is 0 Å². The average Bonchev–Trinajstić information content (AvgIpc) is 3.14. The Bertz CT molecular complexity index is 1250.